The molecule has 2 aromatic carbocycles. The van der Waals surface area contributed by atoms with Crippen LogP contribution in [0.25, 0.3) is 0 Å². The molecule has 0 bridgehead atoms. The summed E-state index contributed by atoms with van der Waals surface area (Å²) < 4.78 is 11.1. The van der Waals surface area contributed by atoms with Gasteiger partial charge in [0.1, 0.15) is 24.7 Å². The van der Waals surface area contributed by atoms with Gasteiger partial charge in [0.25, 0.3) is 0 Å². The van der Waals surface area contributed by atoms with Crippen molar-refractivity contribution in [2.24, 2.45) is 0 Å². The van der Waals surface area contributed by atoms with Crippen LogP contribution < -0.4 is 9.47 Å². The molecule has 0 aliphatic carbocycles. The molecule has 0 atom stereocenters. The Morgan fingerprint density at radius 2 is 1.68 bits per heavy atom. The summed E-state index contributed by atoms with van der Waals surface area (Å²) in [6, 6.07) is 15.4. The molecule has 0 aliphatic rings. The van der Waals surface area contributed by atoms with E-state index in [1.807, 2.05) is 48.5 Å². The fourth-order valence-electron chi connectivity index (χ4n) is 1.57. The normalized spacial score (nSPS) is 10.2. The number of alkyl halides is 1. The third-order valence-electron chi connectivity index (χ3n) is 2.50. The first kappa shape index (κ1) is 14.2. The van der Waals surface area contributed by atoms with Crippen molar-refractivity contribution in [3.8, 4) is 11.5 Å². The molecule has 2 rings (SSSR count). The molecule has 2 nitrogen and oxygen atoms in total. The first-order valence-corrected chi connectivity index (χ1v) is 7.44. The third kappa shape index (κ3) is 4.44. The van der Waals surface area contributed by atoms with Crippen LogP contribution in [0.1, 0.15) is 5.56 Å². The number of benzene rings is 2. The molecule has 19 heavy (non-hydrogen) atoms. The summed E-state index contributed by atoms with van der Waals surface area (Å²) in [5, 5.41) is 1.40. The van der Waals surface area contributed by atoms with Gasteiger partial charge in [-0.15, -0.1) is 0 Å². The summed E-state index contributed by atoms with van der Waals surface area (Å²) in [6.07, 6.45) is 0. The molecule has 0 fully saturated rings. The molecule has 0 aliphatic heterocycles. The molecular formula is C15H14BrClO2. The molecule has 0 amide bonds. The Hall–Kier alpha value is -1.19. The van der Waals surface area contributed by atoms with E-state index >= 15 is 0 Å². The summed E-state index contributed by atoms with van der Waals surface area (Å²) in [5.74, 6) is 1.52. The molecule has 0 saturated carbocycles. The lowest BCUT2D eigenvalue weighted by molar-refractivity contribution is 0.217. The third-order valence-corrected chi connectivity index (χ3v) is 3.45. The molecule has 0 heterocycles. The van der Waals surface area contributed by atoms with Crippen LogP contribution in [0.2, 0.25) is 5.02 Å². The number of hydrogen-bond acceptors (Lipinski definition) is 2. The maximum Gasteiger partial charge on any atom is 0.138 e. The average Bonchev–Trinajstić information content (AvgIpc) is 2.46. The van der Waals surface area contributed by atoms with Crippen LogP contribution in [0.4, 0.5) is 0 Å². The highest BCUT2D eigenvalue weighted by atomic mass is 79.9. The van der Waals surface area contributed by atoms with Crippen molar-refractivity contribution in [2.45, 2.75) is 5.33 Å². The summed E-state index contributed by atoms with van der Waals surface area (Å²) in [7, 11) is 0. The van der Waals surface area contributed by atoms with Crippen molar-refractivity contribution in [1.29, 1.82) is 0 Å². The maximum absolute atomic E-state index is 6.12. The van der Waals surface area contributed by atoms with E-state index in [2.05, 4.69) is 15.9 Å². The Bertz CT molecular complexity index is 517. The Balaban J connectivity index is 1.80. The molecule has 4 heteroatoms. The monoisotopic (exact) mass is 340 g/mol. The van der Waals surface area contributed by atoms with E-state index in [0.717, 1.165) is 16.6 Å². The maximum atomic E-state index is 6.12. The predicted molar refractivity (Wildman–Crippen MR) is 81.5 cm³/mol. The fraction of sp³-hybridized carbons (Fsp3) is 0.200. The molecule has 0 radical (unpaired) electrons. The lowest BCUT2D eigenvalue weighted by Crippen LogP contribution is -2.09. The van der Waals surface area contributed by atoms with Crippen molar-refractivity contribution in [1.82, 2.24) is 0 Å². The minimum atomic E-state index is 0.461. The molecule has 0 saturated heterocycles. The highest BCUT2D eigenvalue weighted by Crippen LogP contribution is 2.26. The number of halogens is 2. The number of ether oxygens (including phenoxy) is 2. The Kier molecular flexibility index (Phi) is 5.55. The van der Waals surface area contributed by atoms with Gasteiger partial charge in [-0.1, -0.05) is 51.8 Å². The van der Waals surface area contributed by atoms with Crippen LogP contribution in [-0.2, 0) is 5.33 Å². The van der Waals surface area contributed by atoms with E-state index in [9.17, 15) is 0 Å². The Morgan fingerprint density at radius 1 is 0.947 bits per heavy atom. The highest BCUT2D eigenvalue weighted by Gasteiger charge is 2.02. The first-order valence-electron chi connectivity index (χ1n) is 5.94. The van der Waals surface area contributed by atoms with Gasteiger partial charge in [0.05, 0.1) is 5.02 Å². The minimum absolute atomic E-state index is 0.461. The summed E-state index contributed by atoms with van der Waals surface area (Å²) >= 11 is 9.50. The second-order valence-corrected chi connectivity index (χ2v) is 4.88. The highest BCUT2D eigenvalue weighted by molar-refractivity contribution is 9.08. The van der Waals surface area contributed by atoms with Gasteiger partial charge in [0.2, 0.25) is 0 Å². The van der Waals surface area contributed by atoms with E-state index in [-0.39, 0.29) is 0 Å². The lowest BCUT2D eigenvalue weighted by atomic mass is 10.2. The van der Waals surface area contributed by atoms with Gasteiger partial charge in [-0.25, -0.2) is 0 Å². The molecule has 2 aromatic rings. The summed E-state index contributed by atoms with van der Waals surface area (Å²) in [4.78, 5) is 0. The van der Waals surface area contributed by atoms with Crippen molar-refractivity contribution < 1.29 is 9.47 Å². The largest absolute Gasteiger partial charge is 0.490 e. The van der Waals surface area contributed by atoms with Crippen LogP contribution >= 0.6 is 27.5 Å². The first-order chi connectivity index (χ1) is 9.29. The number of para-hydroxylation sites is 1. The molecular weight excluding hydrogens is 328 g/mol. The zero-order valence-electron chi connectivity index (χ0n) is 10.3. The minimum Gasteiger partial charge on any atom is -0.490 e. The van der Waals surface area contributed by atoms with Crippen molar-refractivity contribution in [2.75, 3.05) is 13.2 Å². The zero-order valence-corrected chi connectivity index (χ0v) is 12.7. The van der Waals surface area contributed by atoms with E-state index < -0.39 is 0 Å². The topological polar surface area (TPSA) is 18.5 Å². The van der Waals surface area contributed by atoms with Gasteiger partial charge >= 0.3 is 0 Å². The van der Waals surface area contributed by atoms with E-state index in [0.29, 0.717) is 24.0 Å². The number of rotatable bonds is 6. The second kappa shape index (κ2) is 7.41. The lowest BCUT2D eigenvalue weighted by Gasteiger charge is -2.10. The van der Waals surface area contributed by atoms with Gasteiger partial charge in [0.15, 0.2) is 0 Å². The van der Waals surface area contributed by atoms with E-state index in [1.165, 1.54) is 0 Å². The molecule has 0 unspecified atom stereocenters. The van der Waals surface area contributed by atoms with Crippen molar-refractivity contribution in [3.63, 3.8) is 0 Å². The van der Waals surface area contributed by atoms with Gasteiger partial charge in [-0.3, -0.25) is 0 Å². The van der Waals surface area contributed by atoms with Gasteiger partial charge in [0, 0.05) is 5.33 Å². The predicted octanol–water partition coefficient (Wildman–Crippen LogP) is 4.69. The number of hydrogen-bond donors (Lipinski definition) is 0. The standard InChI is InChI=1S/C15H14BrClO2/c16-11-12-6-7-15(14(17)10-12)19-9-8-18-13-4-2-1-3-5-13/h1-7,10H,8-9,11H2. The zero-order chi connectivity index (χ0) is 13.5. The Morgan fingerprint density at radius 3 is 2.37 bits per heavy atom. The van der Waals surface area contributed by atoms with E-state index in [4.69, 9.17) is 21.1 Å². The van der Waals surface area contributed by atoms with Crippen LogP contribution in [0, 0.1) is 0 Å². The average molecular weight is 342 g/mol. The van der Waals surface area contributed by atoms with Crippen LogP contribution in [0.3, 0.4) is 0 Å². The van der Waals surface area contributed by atoms with Crippen LogP contribution in [0.5, 0.6) is 11.5 Å². The van der Waals surface area contributed by atoms with Crippen LogP contribution in [-0.4, -0.2) is 13.2 Å². The van der Waals surface area contributed by atoms with Crippen LogP contribution in [0.15, 0.2) is 48.5 Å². The van der Waals surface area contributed by atoms with Gasteiger partial charge < -0.3 is 9.47 Å². The van der Waals surface area contributed by atoms with Gasteiger partial charge in [-0.2, -0.15) is 0 Å². The summed E-state index contributed by atoms with van der Waals surface area (Å²) in [5.41, 5.74) is 1.12. The molecule has 0 spiro atoms. The quantitative estimate of drug-likeness (QED) is 0.560. The summed E-state index contributed by atoms with van der Waals surface area (Å²) in [6.45, 7) is 0.947. The molecule has 0 aromatic heterocycles. The SMILES string of the molecule is Clc1cc(CBr)ccc1OCCOc1ccccc1. The van der Waals surface area contributed by atoms with E-state index in [1.54, 1.807) is 0 Å². The van der Waals surface area contributed by atoms with Crippen molar-refractivity contribution in [3.05, 3.63) is 59.1 Å². The molecule has 100 valence electrons. The van der Waals surface area contributed by atoms with Gasteiger partial charge in [-0.05, 0) is 29.8 Å². The molecule has 0 N–H and O–H groups in total. The fourth-order valence-corrected chi connectivity index (χ4v) is 2.18. The Labute approximate surface area is 126 Å². The smallest absolute Gasteiger partial charge is 0.138 e. The second-order valence-electron chi connectivity index (χ2n) is 3.91. The van der Waals surface area contributed by atoms with Crippen molar-refractivity contribution >= 4 is 27.5 Å².